The van der Waals surface area contributed by atoms with E-state index in [0.29, 0.717) is 44.2 Å². The fourth-order valence-electron chi connectivity index (χ4n) is 8.58. The number of thioether (sulfide) groups is 1. The topological polar surface area (TPSA) is 96.7 Å². The number of carboxylic acids is 1. The van der Waals surface area contributed by atoms with Crippen LogP contribution in [0.4, 0.5) is 4.39 Å². The highest BCUT2D eigenvalue weighted by atomic mass is 35.5. The number of aliphatic carboxylic acids is 1. The largest absolute Gasteiger partial charge is 0.481 e. The number of fused-ring (bicyclic) bond motifs is 2. The van der Waals surface area contributed by atoms with Crippen LogP contribution in [0.25, 0.3) is 0 Å². The lowest BCUT2D eigenvalue weighted by Gasteiger charge is -2.47. The van der Waals surface area contributed by atoms with Crippen molar-refractivity contribution in [1.29, 1.82) is 0 Å². The van der Waals surface area contributed by atoms with Crippen LogP contribution in [0.2, 0.25) is 0 Å². The van der Waals surface area contributed by atoms with Crippen molar-refractivity contribution in [2.24, 2.45) is 17.8 Å². The minimum Gasteiger partial charge on any atom is -0.481 e. The van der Waals surface area contributed by atoms with Gasteiger partial charge in [0.25, 0.3) is 5.56 Å². The fraction of sp³-hybridized carbons (Fsp3) is 0.839. The number of nitrogens with zero attached hydrogens (tertiary/aromatic N) is 3. The monoisotopic (exact) mass is 624 g/mol. The lowest BCUT2D eigenvalue weighted by molar-refractivity contribution is -0.142. The number of nitrogens with one attached hydrogen (secondary N) is 1. The molecule has 11 heteroatoms. The minimum atomic E-state index is -0.771. The fourth-order valence-corrected chi connectivity index (χ4v) is 10.7. The average molecular weight is 625 g/mol. The number of hydrogen-bond donors (Lipinski definition) is 2. The maximum atomic E-state index is 14.1. The van der Waals surface area contributed by atoms with E-state index in [0.717, 1.165) is 68.6 Å². The quantitative estimate of drug-likeness (QED) is 0.442. The van der Waals surface area contributed by atoms with E-state index in [2.05, 4.69) is 17.1 Å². The zero-order valence-corrected chi connectivity index (χ0v) is 26.4. The molecule has 0 bridgehead atoms. The highest BCUT2D eigenvalue weighted by Crippen LogP contribution is 2.48. The van der Waals surface area contributed by atoms with Crippen LogP contribution in [0.1, 0.15) is 69.0 Å². The Hall–Kier alpha value is -1.20. The first kappa shape index (κ1) is 30.8. The first-order valence-corrected chi connectivity index (χ1v) is 17.5. The molecule has 4 heterocycles. The normalized spacial score (nSPS) is 39.0. The number of aryl methyl sites for hydroxylation is 2. The number of halogens is 2. The Kier molecular flexibility index (Phi) is 9.56. The number of aromatic nitrogens is 2. The van der Waals surface area contributed by atoms with E-state index < -0.39 is 12.1 Å². The van der Waals surface area contributed by atoms with Gasteiger partial charge in [-0.15, -0.1) is 11.6 Å². The number of carboxylic acid groups (broad SMARTS) is 1. The highest BCUT2D eigenvalue weighted by Gasteiger charge is 2.51. The Balaban J connectivity index is 1.13. The number of hydrogen-bond acceptors (Lipinski definition) is 7. The summed E-state index contributed by atoms with van der Waals surface area (Å²) in [5.74, 6) is 0.902. The van der Waals surface area contributed by atoms with Crippen LogP contribution in [0.3, 0.4) is 0 Å². The van der Waals surface area contributed by atoms with Crippen LogP contribution in [0.5, 0.6) is 0 Å². The maximum absolute atomic E-state index is 14.1. The van der Waals surface area contributed by atoms with Gasteiger partial charge in [-0.3, -0.25) is 19.1 Å². The Bertz CT molecular complexity index is 1200. The van der Waals surface area contributed by atoms with Gasteiger partial charge in [0.1, 0.15) is 12.0 Å². The number of piperidine rings is 2. The van der Waals surface area contributed by atoms with Gasteiger partial charge in [0.05, 0.1) is 30.9 Å². The molecule has 1 aromatic heterocycles. The van der Waals surface area contributed by atoms with E-state index in [1.165, 1.54) is 0 Å². The number of likely N-dealkylation sites (tertiary alicyclic amines) is 1. The Morgan fingerprint density at radius 1 is 1.24 bits per heavy atom. The summed E-state index contributed by atoms with van der Waals surface area (Å²) in [7, 11) is 0. The van der Waals surface area contributed by atoms with E-state index in [1.807, 2.05) is 6.92 Å². The van der Waals surface area contributed by atoms with Crippen LogP contribution < -0.4 is 10.9 Å². The van der Waals surface area contributed by atoms with Gasteiger partial charge in [-0.1, -0.05) is 0 Å². The number of carbonyl (C=O) groups is 1. The van der Waals surface area contributed by atoms with Crippen molar-refractivity contribution in [3.05, 3.63) is 27.4 Å². The lowest BCUT2D eigenvalue weighted by atomic mass is 9.70. The number of ether oxygens (including phenoxy) is 1. The van der Waals surface area contributed by atoms with Crippen molar-refractivity contribution < 1.29 is 19.0 Å². The smallest absolute Gasteiger partial charge is 0.308 e. The van der Waals surface area contributed by atoms with Crippen molar-refractivity contribution in [2.75, 3.05) is 25.4 Å². The molecule has 42 heavy (non-hydrogen) atoms. The van der Waals surface area contributed by atoms with Crippen LogP contribution >= 0.6 is 23.4 Å². The second kappa shape index (κ2) is 13.0. The van der Waals surface area contributed by atoms with E-state index in [4.69, 9.17) is 21.3 Å². The molecule has 8 unspecified atom stereocenters. The molecule has 0 radical (unpaired) electrons. The van der Waals surface area contributed by atoms with Gasteiger partial charge in [-0.05, 0) is 90.0 Å². The lowest BCUT2D eigenvalue weighted by Crippen LogP contribution is -2.57. The van der Waals surface area contributed by atoms with Crippen molar-refractivity contribution >= 4 is 29.3 Å². The summed E-state index contributed by atoms with van der Waals surface area (Å²) in [6, 6.07) is 0.431. The summed E-state index contributed by atoms with van der Waals surface area (Å²) in [4.78, 5) is 32.7. The van der Waals surface area contributed by atoms with Gasteiger partial charge in [0.2, 0.25) is 0 Å². The average Bonchev–Trinajstić information content (AvgIpc) is 3.39. The molecule has 4 fully saturated rings. The standard InChI is InChI=1S/C31H46ClFN4O4S/c1-17-12-23(29-28(34-17)25(16-42-29)31(39)40)22-13-19(32)5-8-27(22)41-11-10-37-18(2)35-26-7-6-21(14-24(26)30(37)38)36-9-3-4-20(33)15-36/h17,19-23,25,27-29,34H,3-16H2,1-2H3,(H,39,40)/t17?,19?,20-,21+,22?,23?,25?,27?,28?,29?/m1/s1. The van der Waals surface area contributed by atoms with Gasteiger partial charge >= 0.3 is 5.97 Å². The predicted octanol–water partition coefficient (Wildman–Crippen LogP) is 3.82. The molecule has 0 amide bonds. The van der Waals surface area contributed by atoms with E-state index in [1.54, 1.807) is 16.3 Å². The molecular weight excluding hydrogens is 579 g/mol. The molecule has 10 atom stereocenters. The van der Waals surface area contributed by atoms with Crippen LogP contribution in [-0.2, 0) is 28.9 Å². The van der Waals surface area contributed by atoms with Gasteiger partial charge in [-0.2, -0.15) is 11.8 Å². The first-order valence-electron chi connectivity index (χ1n) is 16.0. The number of rotatable bonds is 7. The second-order valence-corrected chi connectivity index (χ2v) is 15.2. The van der Waals surface area contributed by atoms with Crippen LogP contribution in [0, 0.1) is 24.7 Å². The third-order valence-electron chi connectivity index (χ3n) is 10.7. The maximum Gasteiger partial charge on any atom is 0.308 e. The summed E-state index contributed by atoms with van der Waals surface area (Å²) in [6.07, 6.45) is 6.76. The SMILES string of the molecule is Cc1nc2c(c(=O)n1CCOC1CCC(Cl)CC1C1CC(C)NC3C(C(=O)O)CSC13)C[C@@H](N1CCC[C@@H](F)C1)CC2. The highest BCUT2D eigenvalue weighted by molar-refractivity contribution is 8.00. The first-order chi connectivity index (χ1) is 20.2. The summed E-state index contributed by atoms with van der Waals surface area (Å²) in [5.41, 5.74) is 1.72. The molecular formula is C31H46ClFN4O4S. The summed E-state index contributed by atoms with van der Waals surface area (Å²) in [6.45, 7) is 6.31. The molecule has 6 rings (SSSR count). The molecule has 234 valence electrons. The van der Waals surface area contributed by atoms with Crippen molar-refractivity contribution in [2.45, 2.75) is 119 Å². The minimum absolute atomic E-state index is 0.0232. The Morgan fingerprint density at radius 3 is 2.86 bits per heavy atom. The zero-order valence-electron chi connectivity index (χ0n) is 24.9. The molecule has 3 saturated heterocycles. The van der Waals surface area contributed by atoms with Crippen molar-refractivity contribution in [3.8, 4) is 0 Å². The molecule has 8 nitrogen and oxygen atoms in total. The van der Waals surface area contributed by atoms with E-state index >= 15 is 0 Å². The molecule has 2 aliphatic carbocycles. The van der Waals surface area contributed by atoms with E-state index in [9.17, 15) is 19.1 Å². The second-order valence-electron chi connectivity index (χ2n) is 13.4. The van der Waals surface area contributed by atoms with Gasteiger partial charge in [-0.25, -0.2) is 9.37 Å². The number of alkyl halides is 2. The third-order valence-corrected chi connectivity index (χ3v) is 12.6. The predicted molar refractivity (Wildman–Crippen MR) is 163 cm³/mol. The van der Waals surface area contributed by atoms with Gasteiger partial charge in [0.15, 0.2) is 0 Å². The summed E-state index contributed by atoms with van der Waals surface area (Å²) < 4.78 is 22.5. The van der Waals surface area contributed by atoms with Gasteiger partial charge in [0, 0.05) is 46.6 Å². The molecule has 1 aromatic rings. The Labute approximate surface area is 257 Å². The third kappa shape index (κ3) is 6.30. The van der Waals surface area contributed by atoms with Crippen molar-refractivity contribution in [1.82, 2.24) is 19.8 Å². The van der Waals surface area contributed by atoms with E-state index in [-0.39, 0.29) is 52.3 Å². The zero-order chi connectivity index (χ0) is 29.5. The van der Waals surface area contributed by atoms with Crippen LogP contribution in [0.15, 0.2) is 4.79 Å². The van der Waals surface area contributed by atoms with Crippen LogP contribution in [-0.4, -0.2) is 92.0 Å². The van der Waals surface area contributed by atoms with Crippen molar-refractivity contribution in [3.63, 3.8) is 0 Å². The molecule has 0 spiro atoms. The molecule has 1 saturated carbocycles. The molecule has 0 aromatic carbocycles. The molecule has 2 N–H and O–H groups in total. The Morgan fingerprint density at radius 2 is 2.07 bits per heavy atom. The molecule has 3 aliphatic heterocycles. The summed E-state index contributed by atoms with van der Waals surface area (Å²) in [5, 5.41) is 13.8. The molecule has 5 aliphatic rings. The summed E-state index contributed by atoms with van der Waals surface area (Å²) >= 11 is 8.52. The van der Waals surface area contributed by atoms with Gasteiger partial charge < -0.3 is 15.2 Å².